The minimum Gasteiger partial charge on any atom is -0.508 e. The number of nitrogens with zero attached hydrogens (tertiary/aromatic N) is 1. The van der Waals surface area contributed by atoms with Gasteiger partial charge in [-0.3, -0.25) is 0 Å². The van der Waals surface area contributed by atoms with E-state index < -0.39 is 0 Å². The van der Waals surface area contributed by atoms with E-state index in [0.29, 0.717) is 23.8 Å². The quantitative estimate of drug-likeness (QED) is 0.767. The number of likely N-dealkylation sites (N-methyl/N-ethyl adjacent to an activating group) is 1. The first-order chi connectivity index (χ1) is 9.36. The van der Waals surface area contributed by atoms with Crippen LogP contribution in [0.5, 0.6) is 5.75 Å². The number of aromatic hydroxyl groups is 1. The Morgan fingerprint density at radius 2 is 1.70 bits per heavy atom. The predicted molar refractivity (Wildman–Crippen MR) is 86.2 cm³/mol. The van der Waals surface area contributed by atoms with Crippen LogP contribution in [0.2, 0.25) is 0 Å². The lowest BCUT2D eigenvalue weighted by Gasteiger charge is -2.27. The first-order valence-electron chi connectivity index (χ1n) is 7.55. The van der Waals surface area contributed by atoms with Crippen molar-refractivity contribution < 1.29 is 5.11 Å². The van der Waals surface area contributed by atoms with Gasteiger partial charge in [0.2, 0.25) is 0 Å². The Morgan fingerprint density at radius 1 is 1.10 bits per heavy atom. The maximum atomic E-state index is 9.31. The molecule has 3 nitrogen and oxygen atoms in total. The molecule has 2 atom stereocenters. The molecule has 0 bridgehead atoms. The highest BCUT2D eigenvalue weighted by molar-refractivity contribution is 5.26. The average Bonchev–Trinajstić information content (AvgIpc) is 2.30. The summed E-state index contributed by atoms with van der Waals surface area (Å²) >= 11 is 0. The maximum Gasteiger partial charge on any atom is 0.115 e. The monoisotopic (exact) mass is 278 g/mol. The van der Waals surface area contributed by atoms with Crippen LogP contribution in [-0.2, 0) is 6.42 Å². The van der Waals surface area contributed by atoms with Gasteiger partial charge >= 0.3 is 0 Å². The van der Waals surface area contributed by atoms with E-state index in [0.717, 1.165) is 13.0 Å². The molecule has 0 radical (unpaired) electrons. The third kappa shape index (κ3) is 6.92. The SMILES string of the molecule is CC(C)CC(CN(C)C)NC(C)Cc1ccc(O)cc1. The first kappa shape index (κ1) is 17.0. The van der Waals surface area contributed by atoms with E-state index in [4.69, 9.17) is 0 Å². The number of phenolic OH excluding ortho intramolecular Hbond substituents is 1. The molecule has 0 aromatic heterocycles. The van der Waals surface area contributed by atoms with Crippen molar-refractivity contribution in [1.82, 2.24) is 10.2 Å². The number of hydrogen-bond acceptors (Lipinski definition) is 3. The van der Waals surface area contributed by atoms with Crippen molar-refractivity contribution in [1.29, 1.82) is 0 Å². The smallest absolute Gasteiger partial charge is 0.115 e. The summed E-state index contributed by atoms with van der Waals surface area (Å²) < 4.78 is 0. The summed E-state index contributed by atoms with van der Waals surface area (Å²) in [6.07, 6.45) is 2.18. The topological polar surface area (TPSA) is 35.5 Å². The van der Waals surface area contributed by atoms with E-state index in [2.05, 4.69) is 45.1 Å². The summed E-state index contributed by atoms with van der Waals surface area (Å²) in [5.74, 6) is 1.04. The molecule has 0 aliphatic heterocycles. The van der Waals surface area contributed by atoms with Gasteiger partial charge in [-0.05, 0) is 57.5 Å². The summed E-state index contributed by atoms with van der Waals surface area (Å²) in [4.78, 5) is 2.24. The molecule has 0 heterocycles. The van der Waals surface area contributed by atoms with Crippen LogP contribution >= 0.6 is 0 Å². The second kappa shape index (κ2) is 8.28. The Hall–Kier alpha value is -1.06. The highest BCUT2D eigenvalue weighted by atomic mass is 16.3. The Balaban J connectivity index is 2.51. The standard InChI is InChI=1S/C17H30N2O/c1-13(2)10-16(12-19(4)5)18-14(3)11-15-6-8-17(20)9-7-15/h6-9,13-14,16,18,20H,10-12H2,1-5H3. The Bertz CT molecular complexity index is 363. The molecule has 2 unspecified atom stereocenters. The predicted octanol–water partition coefficient (Wildman–Crippen LogP) is 2.89. The second-order valence-electron chi connectivity index (χ2n) is 6.53. The first-order valence-corrected chi connectivity index (χ1v) is 7.55. The van der Waals surface area contributed by atoms with E-state index in [1.807, 2.05) is 12.1 Å². The molecule has 114 valence electrons. The zero-order valence-corrected chi connectivity index (χ0v) is 13.6. The van der Waals surface area contributed by atoms with Crippen molar-refractivity contribution >= 4 is 0 Å². The molecule has 0 saturated carbocycles. The van der Waals surface area contributed by atoms with Crippen LogP contribution in [0.1, 0.15) is 32.8 Å². The Kier molecular flexibility index (Phi) is 7.03. The number of benzene rings is 1. The van der Waals surface area contributed by atoms with Crippen molar-refractivity contribution in [3.8, 4) is 5.75 Å². The Labute approximate surface area is 124 Å². The third-order valence-corrected chi connectivity index (χ3v) is 3.34. The zero-order valence-electron chi connectivity index (χ0n) is 13.6. The van der Waals surface area contributed by atoms with E-state index in [1.54, 1.807) is 12.1 Å². The number of rotatable bonds is 8. The van der Waals surface area contributed by atoms with Crippen molar-refractivity contribution in [2.24, 2.45) is 5.92 Å². The molecular weight excluding hydrogens is 248 g/mol. The number of nitrogens with one attached hydrogen (secondary N) is 1. The van der Waals surface area contributed by atoms with Gasteiger partial charge in [-0.15, -0.1) is 0 Å². The fourth-order valence-corrected chi connectivity index (χ4v) is 2.65. The molecule has 0 aliphatic carbocycles. The van der Waals surface area contributed by atoms with Gasteiger partial charge in [0.05, 0.1) is 0 Å². The van der Waals surface area contributed by atoms with Gasteiger partial charge in [-0.25, -0.2) is 0 Å². The molecular formula is C17H30N2O. The molecule has 0 aliphatic rings. The molecule has 0 spiro atoms. The normalized spacial score (nSPS) is 14.8. The molecule has 2 N–H and O–H groups in total. The van der Waals surface area contributed by atoms with Gasteiger partial charge in [0.25, 0.3) is 0 Å². The Morgan fingerprint density at radius 3 is 2.20 bits per heavy atom. The molecule has 0 saturated heterocycles. The average molecular weight is 278 g/mol. The van der Waals surface area contributed by atoms with Crippen LogP contribution in [0.15, 0.2) is 24.3 Å². The number of hydrogen-bond donors (Lipinski definition) is 2. The molecule has 20 heavy (non-hydrogen) atoms. The van der Waals surface area contributed by atoms with Gasteiger partial charge in [-0.1, -0.05) is 26.0 Å². The van der Waals surface area contributed by atoms with Crippen molar-refractivity contribution in [2.75, 3.05) is 20.6 Å². The van der Waals surface area contributed by atoms with E-state index in [1.165, 1.54) is 12.0 Å². The van der Waals surface area contributed by atoms with Gasteiger partial charge in [0.1, 0.15) is 5.75 Å². The van der Waals surface area contributed by atoms with Gasteiger partial charge < -0.3 is 15.3 Å². The fraction of sp³-hybridized carbons (Fsp3) is 0.647. The van der Waals surface area contributed by atoms with Crippen molar-refractivity contribution in [3.05, 3.63) is 29.8 Å². The zero-order chi connectivity index (χ0) is 15.1. The molecule has 3 heteroatoms. The van der Waals surface area contributed by atoms with Crippen LogP contribution in [0.25, 0.3) is 0 Å². The molecule has 1 rings (SSSR count). The van der Waals surface area contributed by atoms with E-state index in [-0.39, 0.29) is 0 Å². The lowest BCUT2D eigenvalue weighted by atomic mass is 10.0. The van der Waals surface area contributed by atoms with Gasteiger partial charge in [-0.2, -0.15) is 0 Å². The van der Waals surface area contributed by atoms with Gasteiger partial charge in [0, 0.05) is 18.6 Å². The highest BCUT2D eigenvalue weighted by Crippen LogP contribution is 2.12. The van der Waals surface area contributed by atoms with Crippen LogP contribution in [0, 0.1) is 5.92 Å². The summed E-state index contributed by atoms with van der Waals surface area (Å²) in [7, 11) is 4.25. The van der Waals surface area contributed by atoms with E-state index in [9.17, 15) is 5.11 Å². The summed E-state index contributed by atoms with van der Waals surface area (Å²) in [6.45, 7) is 7.85. The second-order valence-corrected chi connectivity index (χ2v) is 6.53. The summed E-state index contributed by atoms with van der Waals surface area (Å²) in [6, 6.07) is 8.47. The summed E-state index contributed by atoms with van der Waals surface area (Å²) in [5, 5.41) is 13.1. The highest BCUT2D eigenvalue weighted by Gasteiger charge is 2.15. The van der Waals surface area contributed by atoms with Gasteiger partial charge in [0.15, 0.2) is 0 Å². The lowest BCUT2D eigenvalue weighted by Crippen LogP contribution is -2.44. The molecule has 1 aromatic rings. The van der Waals surface area contributed by atoms with Crippen molar-refractivity contribution in [2.45, 2.75) is 45.7 Å². The third-order valence-electron chi connectivity index (χ3n) is 3.34. The largest absolute Gasteiger partial charge is 0.508 e. The fourth-order valence-electron chi connectivity index (χ4n) is 2.65. The van der Waals surface area contributed by atoms with Crippen LogP contribution in [0.4, 0.5) is 0 Å². The van der Waals surface area contributed by atoms with E-state index >= 15 is 0 Å². The van der Waals surface area contributed by atoms with Crippen LogP contribution in [0.3, 0.4) is 0 Å². The lowest BCUT2D eigenvalue weighted by molar-refractivity contribution is 0.289. The number of phenols is 1. The molecule has 0 amide bonds. The summed E-state index contributed by atoms with van der Waals surface area (Å²) in [5.41, 5.74) is 1.26. The van der Waals surface area contributed by atoms with Crippen LogP contribution in [-0.4, -0.2) is 42.7 Å². The minimum atomic E-state index is 0.333. The van der Waals surface area contributed by atoms with Crippen LogP contribution < -0.4 is 5.32 Å². The van der Waals surface area contributed by atoms with Crippen molar-refractivity contribution in [3.63, 3.8) is 0 Å². The molecule has 0 fully saturated rings. The maximum absolute atomic E-state index is 9.31. The minimum absolute atomic E-state index is 0.333. The molecule has 1 aromatic carbocycles.